The van der Waals surface area contributed by atoms with Crippen LogP contribution in [0.25, 0.3) is 0 Å². The molecule has 4 aliphatic carbocycles. The number of hydroxylamine groups is 2. The van der Waals surface area contributed by atoms with Crippen LogP contribution < -0.4 is 0 Å². The predicted molar refractivity (Wildman–Crippen MR) is 190 cm³/mol. The number of carbonyl (C=O) groups excluding carboxylic acids is 8. The van der Waals surface area contributed by atoms with Crippen molar-refractivity contribution >= 4 is 70.8 Å². The van der Waals surface area contributed by atoms with Crippen LogP contribution in [-0.2, 0) is 52.7 Å². The van der Waals surface area contributed by atoms with E-state index in [2.05, 4.69) is 0 Å². The molecule has 2 saturated heterocycles. The van der Waals surface area contributed by atoms with E-state index in [1.54, 1.807) is 6.92 Å². The smallest absolute Gasteiger partial charge is 0.336 e. The van der Waals surface area contributed by atoms with Gasteiger partial charge in [-0.05, 0) is 88.0 Å². The highest BCUT2D eigenvalue weighted by Crippen LogP contribution is 2.65. The Labute approximate surface area is 315 Å². The molecule has 0 aromatic heterocycles. The van der Waals surface area contributed by atoms with Crippen LogP contribution in [-0.4, -0.2) is 110 Å². The zero-order valence-corrected chi connectivity index (χ0v) is 31.7. The molecule has 2 saturated carbocycles. The van der Waals surface area contributed by atoms with Gasteiger partial charge in [-0.2, -0.15) is 0 Å². The molecule has 0 bridgehead atoms. The molecule has 1 N–H and O–H groups in total. The van der Waals surface area contributed by atoms with E-state index in [0.29, 0.717) is 42.1 Å². The Bertz CT molecular complexity index is 1720. The number of hydrogen-bond donors (Lipinski definition) is 1. The summed E-state index contributed by atoms with van der Waals surface area (Å²) in [6.45, 7) is 5.44. The Balaban J connectivity index is 0.845. The number of hydrogen-bond acceptors (Lipinski definition) is 14. The van der Waals surface area contributed by atoms with E-state index in [1.165, 1.54) is 16.7 Å². The number of esters is 2. The highest BCUT2D eigenvalue weighted by molar-refractivity contribution is 8.01. The number of aliphatic hydroxyl groups is 1. The van der Waals surface area contributed by atoms with E-state index in [0.717, 1.165) is 46.9 Å². The maximum absolute atomic E-state index is 13.1. The van der Waals surface area contributed by atoms with E-state index in [4.69, 9.17) is 14.3 Å². The second kappa shape index (κ2) is 15.5. The van der Waals surface area contributed by atoms with Gasteiger partial charge in [0.25, 0.3) is 11.8 Å². The molecule has 4 fully saturated rings. The first kappa shape index (κ1) is 38.9. The average molecular weight is 773 g/mol. The number of ether oxygens (including phenoxy) is 2. The summed E-state index contributed by atoms with van der Waals surface area (Å²) in [6, 6.07) is 0. The Morgan fingerprint density at radius 2 is 1.53 bits per heavy atom. The van der Waals surface area contributed by atoms with E-state index in [1.807, 2.05) is 19.9 Å². The standard InChI is InChI=1S/C37H44N2O12S2/c1-20-14-24-32(21(2)37(10-11-37)36(3,48)33(24)45)25(20)17-52-18-30(43)49-12-13-50-31(44)19-53-26-15-29(42)38(34(26)46)16-22-4-6-23(7-5-22)35(47)51-39-27(40)8-9-28(39)41/h14,22-23,26,48H,4-13,15-19H2,1-3H3/t22?,23?,26?,36-/m0/s1. The van der Waals surface area contributed by atoms with Crippen molar-refractivity contribution in [2.24, 2.45) is 17.3 Å². The fourth-order valence-electron chi connectivity index (χ4n) is 8.04. The zero-order valence-electron chi connectivity index (χ0n) is 30.1. The molecule has 0 aromatic carbocycles. The molecule has 0 radical (unpaired) electrons. The molecule has 1 spiro atoms. The first-order valence-corrected chi connectivity index (χ1v) is 20.2. The van der Waals surface area contributed by atoms with Crippen molar-refractivity contribution < 1.29 is 57.8 Å². The molecule has 2 atom stereocenters. The van der Waals surface area contributed by atoms with Gasteiger partial charge >= 0.3 is 17.9 Å². The molecule has 1 unspecified atom stereocenters. The Kier molecular flexibility index (Phi) is 11.4. The first-order valence-electron chi connectivity index (χ1n) is 18.0. The Morgan fingerprint density at radius 1 is 0.906 bits per heavy atom. The van der Waals surface area contributed by atoms with Crippen LogP contribution in [0.15, 0.2) is 33.9 Å². The number of rotatable bonds is 14. The van der Waals surface area contributed by atoms with Crippen molar-refractivity contribution in [3.63, 3.8) is 0 Å². The van der Waals surface area contributed by atoms with Crippen LogP contribution in [0.5, 0.6) is 0 Å². The lowest BCUT2D eigenvalue weighted by atomic mass is 9.67. The van der Waals surface area contributed by atoms with Crippen LogP contribution in [0.3, 0.4) is 0 Å². The summed E-state index contributed by atoms with van der Waals surface area (Å²) in [5, 5.41) is 10.9. The molecule has 6 aliphatic rings. The van der Waals surface area contributed by atoms with Crippen molar-refractivity contribution in [3.05, 3.63) is 33.9 Å². The quantitative estimate of drug-likeness (QED) is 0.154. The van der Waals surface area contributed by atoms with Gasteiger partial charge < -0.3 is 19.4 Å². The number of amides is 4. The molecule has 0 aromatic rings. The number of imide groups is 2. The third-order valence-corrected chi connectivity index (χ3v) is 13.5. The fourth-order valence-corrected chi connectivity index (χ4v) is 9.91. The van der Waals surface area contributed by atoms with Crippen LogP contribution >= 0.6 is 23.5 Å². The predicted octanol–water partition coefficient (Wildman–Crippen LogP) is 2.77. The third-order valence-electron chi connectivity index (χ3n) is 11.4. The minimum atomic E-state index is -1.41. The summed E-state index contributed by atoms with van der Waals surface area (Å²) in [5.74, 6) is -3.81. The van der Waals surface area contributed by atoms with E-state index >= 15 is 0 Å². The second-order valence-electron chi connectivity index (χ2n) is 14.7. The average Bonchev–Trinajstić information content (AvgIpc) is 3.73. The van der Waals surface area contributed by atoms with Crippen molar-refractivity contribution in [1.82, 2.24) is 9.96 Å². The van der Waals surface area contributed by atoms with Crippen molar-refractivity contribution in [3.8, 4) is 0 Å². The summed E-state index contributed by atoms with van der Waals surface area (Å²) < 4.78 is 10.4. The van der Waals surface area contributed by atoms with Crippen molar-refractivity contribution in [2.75, 3.05) is 37.0 Å². The van der Waals surface area contributed by atoms with E-state index in [9.17, 15) is 43.5 Å². The number of thioether (sulfide) groups is 2. The van der Waals surface area contributed by atoms with Crippen LogP contribution in [0, 0.1) is 17.3 Å². The summed E-state index contributed by atoms with van der Waals surface area (Å²) in [4.78, 5) is 106. The lowest BCUT2D eigenvalue weighted by molar-refractivity contribution is -0.201. The number of ketones is 1. The van der Waals surface area contributed by atoms with E-state index < -0.39 is 51.9 Å². The maximum atomic E-state index is 13.1. The number of fused-ring (bicyclic) bond motifs is 1. The lowest BCUT2D eigenvalue weighted by Gasteiger charge is -2.39. The molecule has 286 valence electrons. The van der Waals surface area contributed by atoms with Gasteiger partial charge in [0, 0.05) is 42.5 Å². The third kappa shape index (κ3) is 7.77. The van der Waals surface area contributed by atoms with Crippen LogP contribution in [0.2, 0.25) is 0 Å². The topological polar surface area (TPSA) is 191 Å². The zero-order chi connectivity index (χ0) is 38.2. The molecule has 16 heteroatoms. The van der Waals surface area contributed by atoms with Gasteiger partial charge in [0.05, 0.1) is 22.7 Å². The number of Topliss-reactive ketones (excluding diaryl/α,β-unsaturated/α-hetero) is 1. The minimum absolute atomic E-state index is 0.0108. The Hall–Kier alpha value is -3.76. The maximum Gasteiger partial charge on any atom is 0.336 e. The number of nitrogens with zero attached hydrogens (tertiary/aromatic N) is 2. The van der Waals surface area contributed by atoms with E-state index in [-0.39, 0.29) is 74.0 Å². The summed E-state index contributed by atoms with van der Waals surface area (Å²) >= 11 is 2.38. The summed E-state index contributed by atoms with van der Waals surface area (Å²) in [6.07, 6.45) is 5.38. The lowest BCUT2D eigenvalue weighted by Crippen LogP contribution is -2.49. The molecule has 6 rings (SSSR count). The minimum Gasteiger partial charge on any atom is -0.461 e. The number of allylic oxidation sites excluding steroid dienone is 3. The van der Waals surface area contributed by atoms with Crippen molar-refractivity contribution in [1.29, 1.82) is 0 Å². The van der Waals surface area contributed by atoms with Crippen LogP contribution in [0.4, 0.5) is 0 Å². The van der Waals surface area contributed by atoms with Gasteiger partial charge in [-0.1, -0.05) is 5.57 Å². The summed E-state index contributed by atoms with van der Waals surface area (Å²) in [5.41, 5.74) is 2.47. The van der Waals surface area contributed by atoms with Gasteiger partial charge in [0.15, 0.2) is 5.78 Å². The normalized spacial score (nSPS) is 27.9. The van der Waals surface area contributed by atoms with Gasteiger partial charge in [-0.15, -0.1) is 28.6 Å². The summed E-state index contributed by atoms with van der Waals surface area (Å²) in [7, 11) is 0. The fraction of sp³-hybridized carbons (Fsp3) is 0.622. The largest absolute Gasteiger partial charge is 0.461 e. The highest BCUT2D eigenvalue weighted by Gasteiger charge is 2.65. The first-order chi connectivity index (χ1) is 25.1. The van der Waals surface area contributed by atoms with Gasteiger partial charge in [-0.25, -0.2) is 4.79 Å². The van der Waals surface area contributed by atoms with Gasteiger partial charge in [-0.3, -0.25) is 38.5 Å². The molecular formula is C37H44N2O12S2. The van der Waals surface area contributed by atoms with Gasteiger partial charge in [0.1, 0.15) is 18.8 Å². The SMILES string of the molecule is CC1=C(CSCC(=O)OCCOC(=O)CSC2CC(=O)N(CC3CCC(C(=O)ON4C(=O)CCC4=O)CC3)C2=O)C2=C(C)C3(CC3)[C@@](C)(O)C(=O)C2=C1. The molecule has 4 amide bonds. The molecule has 2 aliphatic heterocycles. The Morgan fingerprint density at radius 3 is 2.15 bits per heavy atom. The molecule has 14 nitrogen and oxygen atoms in total. The number of likely N-dealkylation sites (tertiary alicyclic amines) is 1. The molecular weight excluding hydrogens is 729 g/mol. The molecule has 53 heavy (non-hydrogen) atoms. The second-order valence-corrected chi connectivity index (χ2v) is 16.9. The molecule has 2 heterocycles. The van der Waals surface area contributed by atoms with Crippen LogP contribution in [0.1, 0.15) is 78.6 Å². The van der Waals surface area contributed by atoms with Gasteiger partial charge in [0.2, 0.25) is 11.8 Å². The van der Waals surface area contributed by atoms with Crippen molar-refractivity contribution in [2.45, 2.75) is 89.4 Å². The number of carbonyl (C=O) groups is 8. The monoisotopic (exact) mass is 772 g/mol. The highest BCUT2D eigenvalue weighted by atomic mass is 32.2.